The molecule has 124 valence electrons. The van der Waals surface area contributed by atoms with Crippen LogP contribution in [0.1, 0.15) is 5.56 Å². The van der Waals surface area contributed by atoms with Crippen molar-refractivity contribution in [2.75, 3.05) is 7.11 Å². The van der Waals surface area contributed by atoms with Crippen LogP contribution in [0.5, 0.6) is 5.75 Å². The fourth-order valence-electron chi connectivity index (χ4n) is 2.38. The first-order valence-electron chi connectivity index (χ1n) is 7.17. The molecule has 3 rings (SSSR count). The van der Waals surface area contributed by atoms with Gasteiger partial charge in [-0.15, -0.1) is 0 Å². The van der Waals surface area contributed by atoms with Gasteiger partial charge in [0.1, 0.15) is 10.6 Å². The third-order valence-corrected chi connectivity index (χ3v) is 5.50. The molecule has 1 N–H and O–H groups in total. The Morgan fingerprint density at radius 1 is 1.17 bits per heavy atom. The number of ether oxygens (including phenoxy) is 1. The van der Waals surface area contributed by atoms with E-state index < -0.39 is 10.0 Å². The van der Waals surface area contributed by atoms with Gasteiger partial charge in [-0.25, -0.2) is 13.1 Å². The summed E-state index contributed by atoms with van der Waals surface area (Å²) in [5.41, 5.74) is 1.65. The zero-order valence-corrected chi connectivity index (χ0v) is 14.4. The monoisotopic (exact) mass is 362 g/mol. The van der Waals surface area contributed by atoms with Gasteiger partial charge >= 0.3 is 0 Å². The SMILES string of the molecule is COc1ccc(Cl)c(S(=O)(=O)NCc2ccnc3ccccc23)c1. The zero-order valence-electron chi connectivity index (χ0n) is 12.9. The van der Waals surface area contributed by atoms with Crippen molar-refractivity contribution in [3.05, 3.63) is 65.3 Å². The number of nitrogens with one attached hydrogen (secondary N) is 1. The fourth-order valence-corrected chi connectivity index (χ4v) is 3.90. The van der Waals surface area contributed by atoms with Crippen molar-refractivity contribution in [1.29, 1.82) is 0 Å². The molecule has 7 heteroatoms. The number of hydrogen-bond acceptors (Lipinski definition) is 4. The Hall–Kier alpha value is -2.15. The highest BCUT2D eigenvalue weighted by molar-refractivity contribution is 7.89. The molecule has 0 saturated carbocycles. The van der Waals surface area contributed by atoms with Gasteiger partial charge in [-0.1, -0.05) is 29.8 Å². The highest BCUT2D eigenvalue weighted by atomic mass is 35.5. The Balaban J connectivity index is 1.90. The lowest BCUT2D eigenvalue weighted by Gasteiger charge is -2.11. The third kappa shape index (κ3) is 3.36. The van der Waals surface area contributed by atoms with Gasteiger partial charge in [-0.05, 0) is 29.8 Å². The maximum absolute atomic E-state index is 12.6. The lowest BCUT2D eigenvalue weighted by Crippen LogP contribution is -2.23. The van der Waals surface area contributed by atoms with Gasteiger partial charge < -0.3 is 4.74 Å². The molecule has 1 aromatic heterocycles. The van der Waals surface area contributed by atoms with Gasteiger partial charge in [-0.3, -0.25) is 4.98 Å². The summed E-state index contributed by atoms with van der Waals surface area (Å²) in [6.07, 6.45) is 1.66. The van der Waals surface area contributed by atoms with E-state index in [1.807, 2.05) is 24.3 Å². The summed E-state index contributed by atoms with van der Waals surface area (Å²) in [5, 5.41) is 1.04. The molecule has 1 heterocycles. The molecule has 0 atom stereocenters. The van der Waals surface area contributed by atoms with Crippen molar-refractivity contribution < 1.29 is 13.2 Å². The molecule has 24 heavy (non-hydrogen) atoms. The van der Waals surface area contributed by atoms with Crippen LogP contribution < -0.4 is 9.46 Å². The molecule has 5 nitrogen and oxygen atoms in total. The maximum Gasteiger partial charge on any atom is 0.242 e. The first-order chi connectivity index (χ1) is 11.5. The standard InChI is InChI=1S/C17H15ClN2O3S/c1-23-13-6-7-15(18)17(10-13)24(21,22)20-11-12-8-9-19-16-5-3-2-4-14(12)16/h2-10,20H,11H2,1H3. The second-order valence-corrected chi connectivity index (χ2v) is 7.25. The Morgan fingerprint density at radius 2 is 1.96 bits per heavy atom. The number of para-hydroxylation sites is 1. The molecule has 0 radical (unpaired) electrons. The zero-order chi connectivity index (χ0) is 17.2. The van der Waals surface area contributed by atoms with Crippen LogP contribution in [0.25, 0.3) is 10.9 Å². The van der Waals surface area contributed by atoms with Gasteiger partial charge in [0.25, 0.3) is 0 Å². The van der Waals surface area contributed by atoms with E-state index in [-0.39, 0.29) is 16.5 Å². The van der Waals surface area contributed by atoms with Crippen LogP contribution in [-0.4, -0.2) is 20.5 Å². The summed E-state index contributed by atoms with van der Waals surface area (Å²) < 4.78 is 32.8. The van der Waals surface area contributed by atoms with Crippen LogP contribution in [0.15, 0.2) is 59.6 Å². The minimum absolute atomic E-state index is 0.0121. The summed E-state index contributed by atoms with van der Waals surface area (Å²) in [6.45, 7) is 0.138. The molecule has 0 fully saturated rings. The Labute approximate surface area is 145 Å². The smallest absolute Gasteiger partial charge is 0.242 e. The minimum atomic E-state index is -3.77. The van der Waals surface area contributed by atoms with E-state index in [0.29, 0.717) is 5.75 Å². The molecule has 0 unspecified atom stereocenters. The van der Waals surface area contributed by atoms with E-state index in [9.17, 15) is 8.42 Å². The molecular weight excluding hydrogens is 348 g/mol. The predicted molar refractivity (Wildman–Crippen MR) is 93.8 cm³/mol. The van der Waals surface area contributed by atoms with Gasteiger partial charge in [0, 0.05) is 24.2 Å². The van der Waals surface area contributed by atoms with Crippen molar-refractivity contribution in [2.45, 2.75) is 11.4 Å². The second kappa shape index (κ2) is 6.76. The summed E-state index contributed by atoms with van der Waals surface area (Å²) in [4.78, 5) is 4.25. The van der Waals surface area contributed by atoms with E-state index in [4.69, 9.17) is 16.3 Å². The van der Waals surface area contributed by atoms with E-state index in [1.54, 1.807) is 18.3 Å². The maximum atomic E-state index is 12.6. The Bertz CT molecular complexity index is 985. The Morgan fingerprint density at radius 3 is 2.75 bits per heavy atom. The van der Waals surface area contributed by atoms with Crippen molar-refractivity contribution >= 4 is 32.5 Å². The predicted octanol–water partition coefficient (Wildman–Crippen LogP) is 3.38. The number of halogens is 1. The normalized spacial score (nSPS) is 11.6. The van der Waals surface area contributed by atoms with E-state index in [0.717, 1.165) is 16.5 Å². The molecule has 0 amide bonds. The fraction of sp³-hybridized carbons (Fsp3) is 0.118. The number of rotatable bonds is 5. The van der Waals surface area contributed by atoms with E-state index in [2.05, 4.69) is 9.71 Å². The number of aromatic nitrogens is 1. The lowest BCUT2D eigenvalue weighted by atomic mass is 10.1. The lowest BCUT2D eigenvalue weighted by molar-refractivity contribution is 0.413. The van der Waals surface area contributed by atoms with Crippen LogP contribution >= 0.6 is 11.6 Å². The number of fused-ring (bicyclic) bond motifs is 1. The molecule has 3 aromatic rings. The third-order valence-electron chi connectivity index (χ3n) is 3.62. The summed E-state index contributed by atoms with van der Waals surface area (Å²) in [7, 11) is -2.30. The van der Waals surface area contributed by atoms with Gasteiger partial charge in [0.2, 0.25) is 10.0 Å². The molecule has 0 aliphatic rings. The minimum Gasteiger partial charge on any atom is -0.497 e. The molecule has 0 spiro atoms. The van der Waals surface area contributed by atoms with Crippen molar-refractivity contribution in [2.24, 2.45) is 0 Å². The van der Waals surface area contributed by atoms with Crippen LogP contribution in [0.4, 0.5) is 0 Å². The highest BCUT2D eigenvalue weighted by Crippen LogP contribution is 2.26. The number of benzene rings is 2. The largest absolute Gasteiger partial charge is 0.497 e. The first kappa shape index (κ1) is 16.7. The highest BCUT2D eigenvalue weighted by Gasteiger charge is 2.19. The van der Waals surface area contributed by atoms with Gasteiger partial charge in [0.15, 0.2) is 0 Å². The molecule has 0 aliphatic heterocycles. The number of nitrogens with zero attached hydrogens (tertiary/aromatic N) is 1. The quantitative estimate of drug-likeness (QED) is 0.755. The van der Waals surface area contributed by atoms with Crippen LogP contribution in [0, 0.1) is 0 Å². The second-order valence-electron chi connectivity index (χ2n) is 5.11. The van der Waals surface area contributed by atoms with Gasteiger partial charge in [0.05, 0.1) is 17.6 Å². The van der Waals surface area contributed by atoms with E-state index in [1.165, 1.54) is 19.2 Å². The van der Waals surface area contributed by atoms with Crippen LogP contribution in [0.2, 0.25) is 5.02 Å². The molecule has 0 bridgehead atoms. The van der Waals surface area contributed by atoms with Crippen molar-refractivity contribution in [3.63, 3.8) is 0 Å². The number of pyridine rings is 1. The van der Waals surface area contributed by atoms with E-state index >= 15 is 0 Å². The van der Waals surface area contributed by atoms with Crippen molar-refractivity contribution in [3.8, 4) is 5.75 Å². The topological polar surface area (TPSA) is 68.3 Å². The molecule has 0 aliphatic carbocycles. The number of sulfonamides is 1. The van der Waals surface area contributed by atoms with Gasteiger partial charge in [-0.2, -0.15) is 0 Å². The number of hydrogen-bond donors (Lipinski definition) is 1. The number of methoxy groups -OCH3 is 1. The Kier molecular flexibility index (Phi) is 4.71. The van der Waals surface area contributed by atoms with Crippen LogP contribution in [0.3, 0.4) is 0 Å². The summed E-state index contributed by atoms with van der Waals surface area (Å²) in [6, 6.07) is 13.9. The van der Waals surface area contributed by atoms with Crippen molar-refractivity contribution in [1.82, 2.24) is 9.71 Å². The molecule has 0 saturated heterocycles. The average molecular weight is 363 g/mol. The molecule has 2 aromatic carbocycles. The first-order valence-corrected chi connectivity index (χ1v) is 9.03. The van der Waals surface area contributed by atoms with Crippen LogP contribution in [-0.2, 0) is 16.6 Å². The molecular formula is C17H15ClN2O3S. The average Bonchev–Trinajstić information content (AvgIpc) is 2.60. The summed E-state index contributed by atoms with van der Waals surface area (Å²) in [5.74, 6) is 0.425. The summed E-state index contributed by atoms with van der Waals surface area (Å²) >= 11 is 6.03.